The molecule has 0 bridgehead atoms. The number of primary amides is 1. The highest BCUT2D eigenvalue weighted by atomic mass is 31.2. The van der Waals surface area contributed by atoms with Gasteiger partial charge in [0, 0.05) is 0 Å². The van der Waals surface area contributed by atoms with Crippen LogP contribution in [0.15, 0.2) is 6.33 Å². The van der Waals surface area contributed by atoms with Gasteiger partial charge in [0.1, 0.15) is 48.2 Å². The molecule has 1 aromatic rings. The van der Waals surface area contributed by atoms with Crippen molar-refractivity contribution in [3.8, 4) is 0 Å². The number of carbonyl (C=O) groups excluding carboxylic acids is 1. The number of imidazole rings is 1. The summed E-state index contributed by atoms with van der Waals surface area (Å²) in [6, 6.07) is 0. The van der Waals surface area contributed by atoms with E-state index in [1.165, 1.54) is 0 Å². The molecule has 2 unspecified atom stereocenters. The highest BCUT2D eigenvalue weighted by Crippen LogP contribution is 2.39. The van der Waals surface area contributed by atoms with E-state index >= 15 is 0 Å². The average Bonchev–Trinajstić information content (AvgIpc) is 3.41. The maximum Gasteiger partial charge on any atom is 0.469 e. The minimum atomic E-state index is -4.95. The molecule has 0 saturated carbocycles. The van der Waals surface area contributed by atoms with Crippen molar-refractivity contribution in [2.45, 2.75) is 49.1 Å². The molecule has 2 saturated heterocycles. The number of amides is 1. The average molecular weight is 577 g/mol. The maximum absolute atomic E-state index is 11.9. The van der Waals surface area contributed by atoms with Gasteiger partial charge < -0.3 is 60.5 Å². The Morgan fingerprint density at radius 1 is 1.00 bits per heavy atom. The highest BCUT2D eigenvalue weighted by molar-refractivity contribution is 7.46. The van der Waals surface area contributed by atoms with Crippen molar-refractivity contribution >= 4 is 27.4 Å². The molecule has 3 rings (SSSR count). The van der Waals surface area contributed by atoms with Gasteiger partial charge in [0.15, 0.2) is 18.1 Å². The molecular weight excluding hydrogens is 552 g/mol. The lowest BCUT2D eigenvalue weighted by Crippen LogP contribution is -2.45. The van der Waals surface area contributed by atoms with Crippen molar-refractivity contribution in [2.24, 2.45) is 5.73 Å². The normalized spacial score (nSPS) is 32.5. The second-order valence-corrected chi connectivity index (χ2v) is 10.4. The van der Waals surface area contributed by atoms with E-state index in [9.17, 15) is 34.4 Å². The van der Waals surface area contributed by atoms with Crippen LogP contribution in [0.1, 0.15) is 22.4 Å². The number of phosphoric ester groups is 2. The Kier molecular flexibility index (Phi) is 8.89. The number of hydrogen-bond acceptors (Lipinski definition) is 13. The predicted molar refractivity (Wildman–Crippen MR) is 113 cm³/mol. The second kappa shape index (κ2) is 11.1. The molecule has 0 aromatic carbocycles. The number of carbonyl (C=O) groups is 1. The Balaban J connectivity index is 1.81. The number of aliphatic hydroxyl groups excluding tert-OH is 4. The topological polar surface area (TPSA) is 330 Å². The number of phosphoric acid groups is 2. The number of nitrogens with zero attached hydrogens (tertiary/aromatic N) is 2. The van der Waals surface area contributed by atoms with Crippen molar-refractivity contribution in [2.75, 3.05) is 13.2 Å². The minimum absolute atomic E-state index is 0.444. The molecule has 0 aliphatic carbocycles. The smallest absolute Gasteiger partial charge is 0.387 e. The SMILES string of the molecule is N=C(NC1O[C@H](COP(=O)(O)O)[C@@H](O)[C@H]1O)c1c(C(N)=O)ncn1C1O[C@H](COP(=O)(O)O)[C@@H](O)[C@H]1O. The first-order chi connectivity index (χ1) is 17.0. The van der Waals surface area contributed by atoms with Crippen LogP contribution in [-0.4, -0.2) is 117 Å². The number of ether oxygens (including phenoxy) is 2. The minimum Gasteiger partial charge on any atom is -0.387 e. The molecule has 1 amide bonds. The molecule has 210 valence electrons. The molecule has 12 N–H and O–H groups in total. The predicted octanol–water partition coefficient (Wildman–Crippen LogP) is -4.82. The first-order valence-electron chi connectivity index (χ1n) is 10.2. The molecule has 2 aliphatic heterocycles. The van der Waals surface area contributed by atoms with E-state index < -0.39 is 101 Å². The number of hydrogen-bond donors (Lipinski definition) is 11. The summed E-state index contributed by atoms with van der Waals surface area (Å²) in [5.74, 6) is -1.87. The van der Waals surface area contributed by atoms with Crippen LogP contribution in [0.5, 0.6) is 0 Å². The Labute approximate surface area is 206 Å². The van der Waals surface area contributed by atoms with Crippen LogP contribution >= 0.6 is 15.6 Å². The van der Waals surface area contributed by atoms with Crippen LogP contribution in [0.25, 0.3) is 0 Å². The molecule has 37 heavy (non-hydrogen) atoms. The van der Waals surface area contributed by atoms with E-state index in [0.29, 0.717) is 0 Å². The highest BCUT2D eigenvalue weighted by Gasteiger charge is 2.47. The first kappa shape index (κ1) is 29.7. The third-order valence-corrected chi connectivity index (χ3v) is 6.31. The van der Waals surface area contributed by atoms with Crippen LogP contribution in [0.3, 0.4) is 0 Å². The lowest BCUT2D eigenvalue weighted by Gasteiger charge is -2.22. The number of nitrogens with two attached hydrogens (primary N) is 1. The van der Waals surface area contributed by atoms with Gasteiger partial charge in [0.05, 0.1) is 19.5 Å². The zero-order valence-corrected chi connectivity index (χ0v) is 20.2. The molecule has 2 fully saturated rings. The molecule has 0 radical (unpaired) electrons. The standard InChI is InChI=1S/C15H25N5O15P2/c16-12(19-14-10(23)8(21)4(34-14)1-32-36(26,27)28)7-6(13(17)25)18-3-20(7)15-11(24)9(22)5(35-15)2-33-37(29,30)31/h3-5,8-11,14-15,21-24H,1-2H2,(H2,16,19)(H2,17,25)(H2,26,27,28)(H2,29,30,31)/t4-,5-,8-,9-,10-,11-,14?,15?/m1/s1. The van der Waals surface area contributed by atoms with E-state index in [0.717, 1.165) is 10.9 Å². The van der Waals surface area contributed by atoms with Crippen molar-refractivity contribution in [3.63, 3.8) is 0 Å². The number of amidine groups is 1. The lowest BCUT2D eigenvalue weighted by atomic mass is 10.1. The number of aromatic nitrogens is 2. The zero-order chi connectivity index (χ0) is 27.9. The van der Waals surface area contributed by atoms with Gasteiger partial charge in [-0.2, -0.15) is 0 Å². The Hall–Kier alpha value is -1.87. The Bertz CT molecular complexity index is 1110. The molecule has 3 heterocycles. The van der Waals surface area contributed by atoms with E-state index in [-0.39, 0.29) is 0 Å². The fourth-order valence-corrected chi connectivity index (χ4v) is 4.32. The summed E-state index contributed by atoms with van der Waals surface area (Å²) in [4.78, 5) is 51.0. The quantitative estimate of drug-likeness (QED) is 0.0705. The van der Waals surface area contributed by atoms with Crippen LogP contribution in [0, 0.1) is 5.41 Å². The second-order valence-electron chi connectivity index (χ2n) is 7.93. The molecule has 1 aromatic heterocycles. The van der Waals surface area contributed by atoms with Gasteiger partial charge in [0.2, 0.25) is 0 Å². The largest absolute Gasteiger partial charge is 0.469 e. The molecular formula is C15H25N5O15P2. The van der Waals surface area contributed by atoms with Gasteiger partial charge in [0.25, 0.3) is 5.91 Å². The summed E-state index contributed by atoms with van der Waals surface area (Å²) >= 11 is 0. The summed E-state index contributed by atoms with van der Waals surface area (Å²) in [6.07, 6.45) is -12.1. The fourth-order valence-electron chi connectivity index (χ4n) is 3.64. The summed E-state index contributed by atoms with van der Waals surface area (Å²) in [7, 11) is -9.87. The van der Waals surface area contributed by atoms with Crippen molar-refractivity contribution in [1.82, 2.24) is 14.9 Å². The molecule has 20 nitrogen and oxygen atoms in total. The summed E-state index contributed by atoms with van der Waals surface area (Å²) in [5.41, 5.74) is 4.32. The number of aliphatic hydroxyl groups is 4. The van der Waals surface area contributed by atoms with Gasteiger partial charge in [-0.25, -0.2) is 14.1 Å². The van der Waals surface area contributed by atoms with E-state index in [1.807, 2.05) is 0 Å². The fraction of sp³-hybridized carbons (Fsp3) is 0.667. The van der Waals surface area contributed by atoms with Gasteiger partial charge in [-0.05, 0) is 0 Å². The first-order valence-corrected chi connectivity index (χ1v) is 13.2. The zero-order valence-electron chi connectivity index (χ0n) is 18.4. The van der Waals surface area contributed by atoms with Crippen molar-refractivity contribution < 1.29 is 72.4 Å². The van der Waals surface area contributed by atoms with E-state index in [1.54, 1.807) is 0 Å². The van der Waals surface area contributed by atoms with Crippen molar-refractivity contribution in [1.29, 1.82) is 5.41 Å². The maximum atomic E-state index is 11.9. The van der Waals surface area contributed by atoms with Crippen LogP contribution < -0.4 is 11.1 Å². The summed E-state index contributed by atoms with van der Waals surface area (Å²) in [5, 5.41) is 51.6. The molecule has 2 aliphatic rings. The molecule has 8 atom stereocenters. The third-order valence-electron chi connectivity index (χ3n) is 5.34. The monoisotopic (exact) mass is 577 g/mol. The van der Waals surface area contributed by atoms with E-state index in [4.69, 9.17) is 40.2 Å². The van der Waals surface area contributed by atoms with E-state index in [2.05, 4.69) is 19.3 Å². The Morgan fingerprint density at radius 2 is 1.51 bits per heavy atom. The van der Waals surface area contributed by atoms with Crippen molar-refractivity contribution in [3.05, 3.63) is 17.7 Å². The van der Waals surface area contributed by atoms with Gasteiger partial charge >= 0.3 is 15.6 Å². The third kappa shape index (κ3) is 6.96. The lowest BCUT2D eigenvalue weighted by molar-refractivity contribution is -0.0525. The van der Waals surface area contributed by atoms with Gasteiger partial charge in [-0.1, -0.05) is 0 Å². The number of rotatable bonds is 10. The van der Waals surface area contributed by atoms with Crippen LogP contribution in [0.2, 0.25) is 0 Å². The molecule has 0 spiro atoms. The van der Waals surface area contributed by atoms with Crippen LogP contribution in [-0.2, 0) is 27.7 Å². The van der Waals surface area contributed by atoms with Gasteiger partial charge in [-0.15, -0.1) is 0 Å². The van der Waals surface area contributed by atoms with Crippen LogP contribution in [0.4, 0.5) is 0 Å². The Morgan fingerprint density at radius 3 is 2.03 bits per heavy atom. The summed E-state index contributed by atoms with van der Waals surface area (Å²) in [6.45, 7) is -1.66. The number of nitrogens with one attached hydrogen (secondary N) is 2. The molecule has 22 heteroatoms. The summed E-state index contributed by atoms with van der Waals surface area (Å²) < 4.78 is 41.9. The van der Waals surface area contributed by atoms with Gasteiger partial charge in [-0.3, -0.25) is 23.8 Å².